The summed E-state index contributed by atoms with van der Waals surface area (Å²) in [6.07, 6.45) is 0.583. The van der Waals surface area contributed by atoms with Crippen molar-refractivity contribution in [2.75, 3.05) is 11.5 Å². The molecule has 0 radical (unpaired) electrons. The molecule has 1 atom stereocenters. The molecule has 0 heterocycles. The number of benzene rings is 1. The molecule has 1 rings (SSSR count). The Labute approximate surface area is 98.9 Å². The zero-order chi connectivity index (χ0) is 12.0. The van der Waals surface area contributed by atoms with Crippen molar-refractivity contribution in [3.8, 4) is 0 Å². The van der Waals surface area contributed by atoms with Gasteiger partial charge >= 0.3 is 5.97 Å². The van der Waals surface area contributed by atoms with Crippen molar-refractivity contribution in [2.24, 2.45) is 0 Å². The van der Waals surface area contributed by atoms with E-state index >= 15 is 0 Å². The third-order valence-corrected chi connectivity index (χ3v) is 3.26. The van der Waals surface area contributed by atoms with Crippen LogP contribution in [0.1, 0.15) is 24.8 Å². The second-order valence-corrected chi connectivity index (χ2v) is 4.82. The highest BCUT2D eigenvalue weighted by Gasteiger charge is 2.19. The standard InChI is InChI=1S/C12H15FO2S/c1-2-16-8-7-11(12(14)15)9-3-5-10(13)6-4-9/h3-6,11H,2,7-8H2,1H3,(H,14,15). The van der Waals surface area contributed by atoms with Crippen LogP contribution in [-0.4, -0.2) is 22.6 Å². The lowest BCUT2D eigenvalue weighted by atomic mass is 9.97. The second-order valence-electron chi connectivity index (χ2n) is 3.43. The molecule has 1 aromatic rings. The van der Waals surface area contributed by atoms with Gasteiger partial charge in [-0.15, -0.1) is 0 Å². The smallest absolute Gasteiger partial charge is 0.311 e. The van der Waals surface area contributed by atoms with Gasteiger partial charge in [-0.05, 0) is 35.6 Å². The van der Waals surface area contributed by atoms with E-state index in [4.69, 9.17) is 5.11 Å². The van der Waals surface area contributed by atoms with Crippen LogP contribution in [0.15, 0.2) is 24.3 Å². The fourth-order valence-corrected chi connectivity index (χ4v) is 2.16. The minimum Gasteiger partial charge on any atom is -0.481 e. The number of carboxylic acid groups (broad SMARTS) is 1. The summed E-state index contributed by atoms with van der Waals surface area (Å²) in [5.41, 5.74) is 0.672. The van der Waals surface area contributed by atoms with Gasteiger partial charge in [-0.2, -0.15) is 11.8 Å². The van der Waals surface area contributed by atoms with Gasteiger partial charge in [0.1, 0.15) is 5.82 Å². The minimum absolute atomic E-state index is 0.337. The molecule has 0 bridgehead atoms. The maximum Gasteiger partial charge on any atom is 0.311 e. The van der Waals surface area contributed by atoms with E-state index in [0.717, 1.165) is 11.5 Å². The monoisotopic (exact) mass is 242 g/mol. The second kappa shape index (κ2) is 6.53. The molecular formula is C12H15FO2S. The van der Waals surface area contributed by atoms with Crippen LogP contribution in [0.2, 0.25) is 0 Å². The third kappa shape index (κ3) is 3.85. The van der Waals surface area contributed by atoms with Gasteiger partial charge in [0, 0.05) is 0 Å². The van der Waals surface area contributed by atoms with Gasteiger partial charge in [-0.25, -0.2) is 4.39 Å². The van der Waals surface area contributed by atoms with Gasteiger partial charge in [-0.3, -0.25) is 4.79 Å². The number of aliphatic carboxylic acids is 1. The normalized spacial score (nSPS) is 12.4. The number of rotatable bonds is 6. The van der Waals surface area contributed by atoms with Crippen LogP contribution < -0.4 is 0 Å². The molecule has 4 heteroatoms. The zero-order valence-corrected chi connectivity index (χ0v) is 9.97. The van der Waals surface area contributed by atoms with Gasteiger partial charge in [0.15, 0.2) is 0 Å². The molecule has 0 aliphatic carbocycles. The zero-order valence-electron chi connectivity index (χ0n) is 9.15. The Bertz CT molecular complexity index is 337. The molecule has 0 saturated carbocycles. The van der Waals surface area contributed by atoms with Gasteiger partial charge in [-0.1, -0.05) is 19.1 Å². The maximum absolute atomic E-state index is 12.7. The minimum atomic E-state index is -0.844. The molecule has 0 aliphatic heterocycles. The van der Waals surface area contributed by atoms with Crippen LogP contribution >= 0.6 is 11.8 Å². The molecule has 1 unspecified atom stereocenters. The van der Waals surface area contributed by atoms with E-state index in [-0.39, 0.29) is 5.82 Å². The Morgan fingerprint density at radius 1 is 1.44 bits per heavy atom. The van der Waals surface area contributed by atoms with Crippen molar-refractivity contribution in [1.29, 1.82) is 0 Å². The molecule has 0 fully saturated rings. The maximum atomic E-state index is 12.7. The van der Waals surface area contributed by atoms with E-state index in [1.165, 1.54) is 12.1 Å². The number of hydrogen-bond acceptors (Lipinski definition) is 2. The first-order valence-corrected chi connectivity index (χ1v) is 6.36. The van der Waals surface area contributed by atoms with Crippen molar-refractivity contribution < 1.29 is 14.3 Å². The van der Waals surface area contributed by atoms with Crippen molar-refractivity contribution in [3.05, 3.63) is 35.6 Å². The lowest BCUT2D eigenvalue weighted by Gasteiger charge is -2.12. The Balaban J connectivity index is 2.69. The van der Waals surface area contributed by atoms with Gasteiger partial charge in [0.2, 0.25) is 0 Å². The molecule has 0 spiro atoms. The van der Waals surface area contributed by atoms with E-state index in [0.29, 0.717) is 12.0 Å². The van der Waals surface area contributed by atoms with Crippen LogP contribution in [0.5, 0.6) is 0 Å². The summed E-state index contributed by atoms with van der Waals surface area (Å²) in [5.74, 6) is 0.0828. The van der Waals surface area contributed by atoms with Crippen LogP contribution in [-0.2, 0) is 4.79 Å². The summed E-state index contributed by atoms with van der Waals surface area (Å²) in [6.45, 7) is 2.04. The largest absolute Gasteiger partial charge is 0.481 e. The summed E-state index contributed by atoms with van der Waals surface area (Å²) in [4.78, 5) is 11.1. The summed E-state index contributed by atoms with van der Waals surface area (Å²) in [7, 11) is 0. The highest BCUT2D eigenvalue weighted by atomic mass is 32.2. The first-order valence-electron chi connectivity index (χ1n) is 5.21. The number of halogens is 1. The molecule has 1 aromatic carbocycles. The average Bonchev–Trinajstić information content (AvgIpc) is 2.26. The van der Waals surface area contributed by atoms with Crippen molar-refractivity contribution in [1.82, 2.24) is 0 Å². The molecular weight excluding hydrogens is 227 g/mol. The number of thioether (sulfide) groups is 1. The molecule has 0 saturated heterocycles. The topological polar surface area (TPSA) is 37.3 Å². The molecule has 0 aliphatic rings. The Kier molecular flexibility index (Phi) is 5.32. The highest BCUT2D eigenvalue weighted by Crippen LogP contribution is 2.22. The van der Waals surface area contributed by atoms with Crippen molar-refractivity contribution in [2.45, 2.75) is 19.3 Å². The quantitative estimate of drug-likeness (QED) is 0.779. The molecule has 2 nitrogen and oxygen atoms in total. The Morgan fingerprint density at radius 2 is 2.06 bits per heavy atom. The van der Waals surface area contributed by atoms with Gasteiger partial charge < -0.3 is 5.11 Å². The van der Waals surface area contributed by atoms with E-state index in [1.54, 1.807) is 23.9 Å². The first-order chi connectivity index (χ1) is 7.65. The lowest BCUT2D eigenvalue weighted by molar-refractivity contribution is -0.138. The van der Waals surface area contributed by atoms with Crippen molar-refractivity contribution >= 4 is 17.7 Å². The Morgan fingerprint density at radius 3 is 2.56 bits per heavy atom. The van der Waals surface area contributed by atoms with Crippen LogP contribution in [0.4, 0.5) is 4.39 Å². The van der Waals surface area contributed by atoms with E-state index in [1.807, 2.05) is 6.92 Å². The van der Waals surface area contributed by atoms with Gasteiger partial charge in [0.05, 0.1) is 5.92 Å². The predicted molar refractivity (Wildman–Crippen MR) is 64.4 cm³/mol. The summed E-state index contributed by atoms with van der Waals surface area (Å²) in [6, 6.07) is 5.70. The Hall–Kier alpha value is -1.03. The molecule has 16 heavy (non-hydrogen) atoms. The summed E-state index contributed by atoms with van der Waals surface area (Å²) in [5, 5.41) is 9.09. The van der Waals surface area contributed by atoms with E-state index < -0.39 is 11.9 Å². The fraction of sp³-hybridized carbons (Fsp3) is 0.417. The molecule has 0 aromatic heterocycles. The van der Waals surface area contributed by atoms with Crippen LogP contribution in [0.3, 0.4) is 0 Å². The van der Waals surface area contributed by atoms with E-state index in [2.05, 4.69) is 0 Å². The summed E-state index contributed by atoms with van der Waals surface area (Å²) < 4.78 is 12.7. The van der Waals surface area contributed by atoms with Gasteiger partial charge in [0.25, 0.3) is 0 Å². The fourth-order valence-electron chi connectivity index (χ4n) is 1.47. The number of carboxylic acids is 1. The number of hydrogen-bond donors (Lipinski definition) is 1. The molecule has 1 N–H and O–H groups in total. The van der Waals surface area contributed by atoms with Crippen LogP contribution in [0, 0.1) is 5.82 Å². The highest BCUT2D eigenvalue weighted by molar-refractivity contribution is 7.99. The number of carbonyl (C=O) groups is 1. The lowest BCUT2D eigenvalue weighted by Crippen LogP contribution is -2.12. The van der Waals surface area contributed by atoms with E-state index in [9.17, 15) is 9.18 Å². The van der Waals surface area contributed by atoms with Crippen molar-refractivity contribution in [3.63, 3.8) is 0 Å². The molecule has 0 amide bonds. The SMILES string of the molecule is CCSCCC(C(=O)O)c1ccc(F)cc1. The predicted octanol–water partition coefficient (Wildman–Crippen LogP) is 3.14. The molecule has 88 valence electrons. The summed E-state index contributed by atoms with van der Waals surface area (Å²) >= 11 is 1.71. The average molecular weight is 242 g/mol. The van der Waals surface area contributed by atoms with Crippen LogP contribution in [0.25, 0.3) is 0 Å². The third-order valence-electron chi connectivity index (χ3n) is 2.33. The first kappa shape index (κ1) is 13.0.